The normalized spacial score (nSPS) is 10.0. The number of aryl methyl sites for hydroxylation is 1. The highest BCUT2D eigenvalue weighted by Crippen LogP contribution is 2.22. The van der Waals surface area contributed by atoms with Gasteiger partial charge in [-0.25, -0.2) is 4.68 Å². The lowest BCUT2D eigenvalue weighted by Gasteiger charge is -2.03. The molecule has 0 aliphatic heterocycles. The highest BCUT2D eigenvalue weighted by Gasteiger charge is 2.15. The second kappa shape index (κ2) is 4.18. The first-order valence-corrected chi connectivity index (χ1v) is 5.04. The van der Waals surface area contributed by atoms with Gasteiger partial charge in [0, 0.05) is 12.1 Å². The first kappa shape index (κ1) is 11.6. The van der Waals surface area contributed by atoms with Gasteiger partial charge >= 0.3 is 0 Å². The molecule has 7 nitrogen and oxygen atoms in total. The third-order valence-corrected chi connectivity index (χ3v) is 2.49. The molecule has 0 radical (unpaired) electrons. The number of hydrogen-bond donors (Lipinski definition) is 1. The van der Waals surface area contributed by atoms with Gasteiger partial charge in [0.15, 0.2) is 0 Å². The third kappa shape index (κ3) is 1.76. The quantitative estimate of drug-likeness (QED) is 0.635. The summed E-state index contributed by atoms with van der Waals surface area (Å²) in [5, 5.41) is 23.7. The lowest BCUT2D eigenvalue weighted by atomic mass is 10.2. The first-order valence-electron chi connectivity index (χ1n) is 5.04. The third-order valence-electron chi connectivity index (χ3n) is 2.49. The summed E-state index contributed by atoms with van der Waals surface area (Å²) in [6.07, 6.45) is 0. The Balaban J connectivity index is 2.60. The summed E-state index contributed by atoms with van der Waals surface area (Å²) in [6, 6.07) is 7.85. The number of non-ortho nitro benzene ring substituents is 1. The SMILES string of the molecule is Cc1nn(-c2cccc([N+](=O)[O-])c2)c(N)c1C#N. The van der Waals surface area contributed by atoms with Gasteiger partial charge in [0.2, 0.25) is 0 Å². The molecular formula is C11H9N5O2. The summed E-state index contributed by atoms with van der Waals surface area (Å²) in [4.78, 5) is 10.2. The van der Waals surface area contributed by atoms with Crippen LogP contribution in [0, 0.1) is 28.4 Å². The van der Waals surface area contributed by atoms with Crippen LogP contribution in [0.2, 0.25) is 0 Å². The number of nitro benzene ring substituents is 1. The Hall–Kier alpha value is -2.88. The Morgan fingerprint density at radius 3 is 2.83 bits per heavy atom. The summed E-state index contributed by atoms with van der Waals surface area (Å²) in [5.41, 5.74) is 6.94. The van der Waals surface area contributed by atoms with Crippen molar-refractivity contribution in [3.63, 3.8) is 0 Å². The van der Waals surface area contributed by atoms with Crippen LogP contribution < -0.4 is 5.73 Å². The van der Waals surface area contributed by atoms with Gasteiger partial charge in [0.05, 0.1) is 16.3 Å². The fourth-order valence-corrected chi connectivity index (χ4v) is 1.62. The maximum absolute atomic E-state index is 10.7. The summed E-state index contributed by atoms with van der Waals surface area (Å²) < 4.78 is 1.32. The number of nitriles is 1. The van der Waals surface area contributed by atoms with Crippen molar-refractivity contribution in [1.29, 1.82) is 5.26 Å². The van der Waals surface area contributed by atoms with Crippen molar-refractivity contribution < 1.29 is 4.92 Å². The number of benzene rings is 1. The van der Waals surface area contributed by atoms with Crippen molar-refractivity contribution in [2.45, 2.75) is 6.92 Å². The molecule has 0 atom stereocenters. The Morgan fingerprint density at radius 2 is 2.28 bits per heavy atom. The number of anilines is 1. The van der Waals surface area contributed by atoms with Gasteiger partial charge < -0.3 is 5.73 Å². The van der Waals surface area contributed by atoms with Crippen LogP contribution in [0.4, 0.5) is 11.5 Å². The molecule has 7 heteroatoms. The van der Waals surface area contributed by atoms with Crippen LogP contribution in [0.25, 0.3) is 5.69 Å². The van der Waals surface area contributed by atoms with E-state index in [4.69, 9.17) is 11.0 Å². The summed E-state index contributed by atoms with van der Waals surface area (Å²) in [7, 11) is 0. The van der Waals surface area contributed by atoms with Crippen molar-refractivity contribution in [3.05, 3.63) is 45.6 Å². The van der Waals surface area contributed by atoms with Crippen LogP contribution in [0.5, 0.6) is 0 Å². The number of nitrogens with two attached hydrogens (primary N) is 1. The van der Waals surface area contributed by atoms with Crippen LogP contribution >= 0.6 is 0 Å². The van der Waals surface area contributed by atoms with Crippen LogP contribution in [-0.2, 0) is 0 Å². The number of nitrogen functional groups attached to an aromatic ring is 1. The number of nitrogens with zero attached hydrogens (tertiary/aromatic N) is 4. The number of rotatable bonds is 2. The predicted molar refractivity (Wildman–Crippen MR) is 64.1 cm³/mol. The molecule has 0 spiro atoms. The average molecular weight is 243 g/mol. The van der Waals surface area contributed by atoms with Gasteiger partial charge in [-0.3, -0.25) is 10.1 Å². The van der Waals surface area contributed by atoms with Crippen LogP contribution in [0.1, 0.15) is 11.3 Å². The van der Waals surface area contributed by atoms with E-state index in [1.165, 1.54) is 22.9 Å². The van der Waals surface area contributed by atoms with Crippen LogP contribution in [0.15, 0.2) is 24.3 Å². The van der Waals surface area contributed by atoms with Crippen molar-refractivity contribution >= 4 is 11.5 Å². The Bertz CT molecular complexity index is 669. The van der Waals surface area contributed by atoms with Crippen molar-refractivity contribution in [2.24, 2.45) is 0 Å². The van der Waals surface area contributed by atoms with Gasteiger partial charge in [-0.2, -0.15) is 10.4 Å². The molecule has 1 aromatic heterocycles. The topological polar surface area (TPSA) is 111 Å². The van der Waals surface area contributed by atoms with Crippen LogP contribution in [-0.4, -0.2) is 14.7 Å². The molecule has 0 amide bonds. The molecule has 1 aromatic carbocycles. The highest BCUT2D eigenvalue weighted by molar-refractivity contribution is 5.57. The lowest BCUT2D eigenvalue weighted by molar-refractivity contribution is -0.384. The molecule has 90 valence electrons. The Kier molecular flexibility index (Phi) is 2.69. The molecule has 2 rings (SSSR count). The van der Waals surface area contributed by atoms with Crippen molar-refractivity contribution in [1.82, 2.24) is 9.78 Å². The van der Waals surface area contributed by atoms with E-state index in [2.05, 4.69) is 5.10 Å². The zero-order valence-corrected chi connectivity index (χ0v) is 9.49. The minimum atomic E-state index is -0.499. The predicted octanol–water partition coefficient (Wildman–Crippen LogP) is 1.54. The summed E-state index contributed by atoms with van der Waals surface area (Å²) >= 11 is 0. The van der Waals surface area contributed by atoms with Crippen molar-refractivity contribution in [2.75, 3.05) is 5.73 Å². The minimum Gasteiger partial charge on any atom is -0.382 e. The standard InChI is InChI=1S/C11H9N5O2/c1-7-10(6-12)11(13)15(14-7)8-3-2-4-9(5-8)16(17)18/h2-5H,13H2,1H3. The second-order valence-corrected chi connectivity index (χ2v) is 3.65. The fourth-order valence-electron chi connectivity index (χ4n) is 1.62. The zero-order valence-electron chi connectivity index (χ0n) is 9.49. The number of aromatic nitrogens is 2. The molecule has 2 aromatic rings. The van der Waals surface area contributed by atoms with Crippen molar-refractivity contribution in [3.8, 4) is 11.8 Å². The van der Waals surface area contributed by atoms with E-state index < -0.39 is 4.92 Å². The Morgan fingerprint density at radius 1 is 1.56 bits per heavy atom. The number of hydrogen-bond acceptors (Lipinski definition) is 5. The van der Waals surface area contributed by atoms with Gasteiger partial charge in [-0.05, 0) is 13.0 Å². The lowest BCUT2D eigenvalue weighted by Crippen LogP contribution is -2.03. The van der Waals surface area contributed by atoms with E-state index in [-0.39, 0.29) is 17.1 Å². The molecule has 0 bridgehead atoms. The maximum Gasteiger partial charge on any atom is 0.271 e. The minimum absolute atomic E-state index is 0.0569. The van der Waals surface area contributed by atoms with E-state index in [0.717, 1.165) is 0 Å². The monoisotopic (exact) mass is 243 g/mol. The average Bonchev–Trinajstić information content (AvgIpc) is 2.64. The fraction of sp³-hybridized carbons (Fsp3) is 0.0909. The molecule has 1 heterocycles. The van der Waals surface area contributed by atoms with E-state index >= 15 is 0 Å². The Labute approximate surface area is 102 Å². The van der Waals surface area contributed by atoms with Gasteiger partial charge in [-0.1, -0.05) is 6.07 Å². The maximum atomic E-state index is 10.7. The zero-order chi connectivity index (χ0) is 13.3. The molecule has 0 saturated heterocycles. The van der Waals surface area contributed by atoms with Gasteiger partial charge in [0.25, 0.3) is 5.69 Å². The molecule has 2 N–H and O–H groups in total. The van der Waals surface area contributed by atoms with E-state index in [0.29, 0.717) is 11.4 Å². The van der Waals surface area contributed by atoms with Gasteiger partial charge in [-0.15, -0.1) is 0 Å². The highest BCUT2D eigenvalue weighted by atomic mass is 16.6. The molecule has 0 saturated carbocycles. The van der Waals surface area contributed by atoms with E-state index in [1.54, 1.807) is 13.0 Å². The van der Waals surface area contributed by atoms with E-state index in [1.807, 2.05) is 6.07 Å². The summed E-state index contributed by atoms with van der Waals surface area (Å²) in [6.45, 7) is 1.66. The summed E-state index contributed by atoms with van der Waals surface area (Å²) in [5.74, 6) is 0.176. The first-order chi connectivity index (χ1) is 8.54. The molecule has 0 aliphatic rings. The van der Waals surface area contributed by atoms with Gasteiger partial charge in [0.1, 0.15) is 17.5 Å². The largest absolute Gasteiger partial charge is 0.382 e. The molecule has 18 heavy (non-hydrogen) atoms. The second-order valence-electron chi connectivity index (χ2n) is 3.65. The van der Waals surface area contributed by atoms with Crippen LogP contribution in [0.3, 0.4) is 0 Å². The molecule has 0 unspecified atom stereocenters. The molecule has 0 fully saturated rings. The smallest absolute Gasteiger partial charge is 0.271 e. The number of nitro groups is 1. The van der Waals surface area contributed by atoms with E-state index in [9.17, 15) is 10.1 Å². The molecule has 0 aliphatic carbocycles. The molecular weight excluding hydrogens is 234 g/mol.